The predicted octanol–water partition coefficient (Wildman–Crippen LogP) is 1.02. The number of rotatable bonds is 5. The van der Waals surface area contributed by atoms with Gasteiger partial charge in [-0.25, -0.2) is 0 Å². The van der Waals surface area contributed by atoms with Gasteiger partial charge in [0.2, 0.25) is 5.91 Å². The predicted molar refractivity (Wildman–Crippen MR) is 79.3 cm³/mol. The first-order chi connectivity index (χ1) is 9.70. The Morgan fingerprint density at radius 2 is 2.45 bits per heavy atom. The molecule has 5 nitrogen and oxygen atoms in total. The number of pyridine rings is 1. The van der Waals surface area contributed by atoms with Crippen molar-refractivity contribution in [1.29, 1.82) is 0 Å². The lowest BCUT2D eigenvalue weighted by Gasteiger charge is -2.32. The van der Waals surface area contributed by atoms with Crippen LogP contribution in [0.1, 0.15) is 18.4 Å². The van der Waals surface area contributed by atoms with Gasteiger partial charge in [0.05, 0.1) is 10.9 Å². The van der Waals surface area contributed by atoms with Crippen LogP contribution in [0, 0.1) is 5.92 Å². The van der Waals surface area contributed by atoms with Crippen molar-refractivity contribution < 1.29 is 4.79 Å². The number of carbonyl (C=O) groups excluding carboxylic acids is 1. The Bertz CT molecular complexity index is 455. The van der Waals surface area contributed by atoms with E-state index in [9.17, 15) is 4.79 Å². The van der Waals surface area contributed by atoms with E-state index < -0.39 is 0 Å². The first kappa shape index (κ1) is 15.2. The zero-order valence-corrected chi connectivity index (χ0v) is 12.3. The van der Waals surface area contributed by atoms with E-state index >= 15 is 0 Å². The van der Waals surface area contributed by atoms with Gasteiger partial charge in [-0.2, -0.15) is 0 Å². The molecule has 2 heterocycles. The Labute approximate surface area is 124 Å². The highest BCUT2D eigenvalue weighted by Crippen LogP contribution is 2.21. The van der Waals surface area contributed by atoms with Gasteiger partial charge in [-0.15, -0.1) is 0 Å². The van der Waals surface area contributed by atoms with Crippen LogP contribution in [0.4, 0.5) is 0 Å². The van der Waals surface area contributed by atoms with Crippen molar-refractivity contribution in [3.05, 3.63) is 29.0 Å². The summed E-state index contributed by atoms with van der Waals surface area (Å²) in [6.45, 7) is 3.57. The van der Waals surface area contributed by atoms with E-state index in [1.54, 1.807) is 12.4 Å². The highest BCUT2D eigenvalue weighted by molar-refractivity contribution is 6.31. The maximum atomic E-state index is 12.0. The molecule has 0 saturated carbocycles. The minimum Gasteiger partial charge on any atom is -0.355 e. The smallest absolute Gasteiger partial charge is 0.224 e. The highest BCUT2D eigenvalue weighted by Gasteiger charge is 2.25. The molecule has 1 aliphatic heterocycles. The SMILES string of the molecule is NCCNC(=O)C1CCCN(Cc2ccncc2Cl)C1. The van der Waals surface area contributed by atoms with E-state index in [-0.39, 0.29) is 11.8 Å². The van der Waals surface area contributed by atoms with E-state index in [0.717, 1.165) is 38.0 Å². The molecular weight excluding hydrogens is 276 g/mol. The van der Waals surface area contributed by atoms with Gasteiger partial charge in [0.25, 0.3) is 0 Å². The second-order valence-corrected chi connectivity index (χ2v) is 5.53. The molecule has 0 spiro atoms. The zero-order valence-electron chi connectivity index (χ0n) is 11.5. The number of carbonyl (C=O) groups is 1. The molecule has 1 aromatic rings. The number of nitrogens with one attached hydrogen (secondary N) is 1. The molecule has 0 aliphatic carbocycles. The summed E-state index contributed by atoms with van der Waals surface area (Å²) in [5.41, 5.74) is 6.47. The molecule has 0 bridgehead atoms. The molecular formula is C14H21ClN4O. The van der Waals surface area contributed by atoms with Gasteiger partial charge in [0, 0.05) is 38.6 Å². The van der Waals surface area contributed by atoms with Crippen LogP contribution in [0.5, 0.6) is 0 Å². The van der Waals surface area contributed by atoms with Gasteiger partial charge in [0.1, 0.15) is 0 Å². The van der Waals surface area contributed by atoms with Gasteiger partial charge in [-0.1, -0.05) is 11.6 Å². The summed E-state index contributed by atoms with van der Waals surface area (Å²) >= 11 is 6.13. The lowest BCUT2D eigenvalue weighted by atomic mass is 9.96. The summed E-state index contributed by atoms with van der Waals surface area (Å²) in [7, 11) is 0. The molecule has 1 aromatic heterocycles. The van der Waals surface area contributed by atoms with E-state index in [1.807, 2.05) is 6.07 Å². The summed E-state index contributed by atoms with van der Waals surface area (Å²) in [5, 5.41) is 3.55. The lowest BCUT2D eigenvalue weighted by molar-refractivity contribution is -0.126. The number of nitrogens with two attached hydrogens (primary N) is 1. The van der Waals surface area contributed by atoms with Crippen molar-refractivity contribution in [3.63, 3.8) is 0 Å². The molecule has 1 aliphatic rings. The van der Waals surface area contributed by atoms with E-state index in [4.69, 9.17) is 17.3 Å². The molecule has 1 atom stereocenters. The van der Waals surface area contributed by atoms with Gasteiger partial charge < -0.3 is 11.1 Å². The number of hydrogen-bond donors (Lipinski definition) is 2. The summed E-state index contributed by atoms with van der Waals surface area (Å²) in [6, 6.07) is 1.93. The Hall–Kier alpha value is -1.17. The van der Waals surface area contributed by atoms with Crippen LogP contribution in [-0.2, 0) is 11.3 Å². The summed E-state index contributed by atoms with van der Waals surface area (Å²) < 4.78 is 0. The van der Waals surface area contributed by atoms with Crippen LogP contribution in [0.2, 0.25) is 5.02 Å². The van der Waals surface area contributed by atoms with Crippen molar-refractivity contribution >= 4 is 17.5 Å². The minimum absolute atomic E-state index is 0.0518. The summed E-state index contributed by atoms with van der Waals surface area (Å²) in [6.07, 6.45) is 5.38. The summed E-state index contributed by atoms with van der Waals surface area (Å²) in [4.78, 5) is 18.3. The Balaban J connectivity index is 1.90. The second kappa shape index (κ2) is 7.57. The largest absolute Gasteiger partial charge is 0.355 e. The molecule has 110 valence electrons. The third kappa shape index (κ3) is 4.16. The molecule has 20 heavy (non-hydrogen) atoms. The number of likely N-dealkylation sites (tertiary alicyclic amines) is 1. The monoisotopic (exact) mass is 296 g/mol. The normalized spacial score (nSPS) is 19.8. The van der Waals surface area contributed by atoms with Gasteiger partial charge in [-0.3, -0.25) is 14.7 Å². The van der Waals surface area contributed by atoms with Crippen molar-refractivity contribution in [2.75, 3.05) is 26.2 Å². The quantitative estimate of drug-likeness (QED) is 0.851. The van der Waals surface area contributed by atoms with Crippen LogP contribution in [0.3, 0.4) is 0 Å². The maximum Gasteiger partial charge on any atom is 0.224 e. The molecule has 6 heteroatoms. The second-order valence-electron chi connectivity index (χ2n) is 5.12. The minimum atomic E-state index is 0.0518. The van der Waals surface area contributed by atoms with E-state index in [1.165, 1.54) is 0 Å². The molecule has 0 aromatic carbocycles. The third-order valence-electron chi connectivity index (χ3n) is 3.57. The number of halogens is 1. The van der Waals surface area contributed by atoms with Crippen LogP contribution in [0.25, 0.3) is 0 Å². The van der Waals surface area contributed by atoms with Gasteiger partial charge >= 0.3 is 0 Å². The average molecular weight is 297 g/mol. The number of hydrogen-bond acceptors (Lipinski definition) is 4. The fraction of sp³-hybridized carbons (Fsp3) is 0.571. The summed E-state index contributed by atoms with van der Waals surface area (Å²) in [5.74, 6) is 0.164. The lowest BCUT2D eigenvalue weighted by Crippen LogP contribution is -2.43. The third-order valence-corrected chi connectivity index (χ3v) is 3.91. The molecule has 0 radical (unpaired) electrons. The molecule has 3 N–H and O–H groups in total. The van der Waals surface area contributed by atoms with E-state index in [2.05, 4.69) is 15.2 Å². The van der Waals surface area contributed by atoms with Crippen LogP contribution in [0.15, 0.2) is 18.5 Å². The Morgan fingerprint density at radius 1 is 1.60 bits per heavy atom. The standard InChI is InChI=1S/C14H21ClN4O/c15-13-8-17-5-3-11(13)9-19-7-1-2-12(10-19)14(20)18-6-4-16/h3,5,8,12H,1-2,4,6-7,9-10,16H2,(H,18,20). The van der Waals surface area contributed by atoms with Crippen molar-refractivity contribution in [2.45, 2.75) is 19.4 Å². The number of piperidine rings is 1. The van der Waals surface area contributed by atoms with Gasteiger partial charge in [-0.05, 0) is 31.0 Å². The first-order valence-corrected chi connectivity index (χ1v) is 7.37. The average Bonchev–Trinajstić information content (AvgIpc) is 2.47. The van der Waals surface area contributed by atoms with Crippen LogP contribution < -0.4 is 11.1 Å². The molecule has 2 rings (SSSR count). The fourth-order valence-electron chi connectivity index (χ4n) is 2.53. The first-order valence-electron chi connectivity index (χ1n) is 6.99. The van der Waals surface area contributed by atoms with E-state index in [0.29, 0.717) is 18.1 Å². The number of amides is 1. The molecule has 1 unspecified atom stereocenters. The Kier molecular flexibility index (Phi) is 5.76. The highest BCUT2D eigenvalue weighted by atomic mass is 35.5. The Morgan fingerprint density at radius 3 is 3.20 bits per heavy atom. The maximum absolute atomic E-state index is 12.0. The zero-order chi connectivity index (χ0) is 14.4. The van der Waals surface area contributed by atoms with Crippen LogP contribution in [-0.4, -0.2) is 42.0 Å². The number of nitrogens with zero attached hydrogens (tertiary/aromatic N) is 2. The number of aromatic nitrogens is 1. The molecule has 1 amide bonds. The van der Waals surface area contributed by atoms with Crippen LogP contribution >= 0.6 is 11.6 Å². The van der Waals surface area contributed by atoms with Crippen molar-refractivity contribution in [1.82, 2.24) is 15.2 Å². The topological polar surface area (TPSA) is 71.2 Å². The molecule has 1 fully saturated rings. The fourth-order valence-corrected chi connectivity index (χ4v) is 2.71. The van der Waals surface area contributed by atoms with Crippen molar-refractivity contribution in [3.8, 4) is 0 Å². The van der Waals surface area contributed by atoms with Crippen molar-refractivity contribution in [2.24, 2.45) is 11.7 Å². The van der Waals surface area contributed by atoms with Gasteiger partial charge in [0.15, 0.2) is 0 Å². The molecule has 1 saturated heterocycles.